The van der Waals surface area contributed by atoms with Crippen LogP contribution in [0.4, 0.5) is 4.39 Å². The molecule has 1 aromatic heterocycles. The van der Waals surface area contributed by atoms with Crippen molar-refractivity contribution in [1.82, 2.24) is 20.5 Å². The van der Waals surface area contributed by atoms with Crippen LogP contribution in [0.2, 0.25) is 0 Å². The molecule has 0 radical (unpaired) electrons. The molecule has 0 spiro atoms. The van der Waals surface area contributed by atoms with E-state index in [0.29, 0.717) is 30.2 Å². The Hall–Kier alpha value is -2.71. The van der Waals surface area contributed by atoms with Crippen molar-refractivity contribution in [3.8, 4) is 11.5 Å². The molecule has 3 rings (SSSR count). The van der Waals surface area contributed by atoms with Crippen molar-refractivity contribution >= 4 is 5.96 Å². The third kappa shape index (κ3) is 7.46. The van der Waals surface area contributed by atoms with E-state index >= 15 is 0 Å². The highest BCUT2D eigenvalue weighted by atomic mass is 19.1. The van der Waals surface area contributed by atoms with Crippen molar-refractivity contribution in [2.75, 3.05) is 39.9 Å². The van der Waals surface area contributed by atoms with E-state index in [2.05, 4.69) is 39.4 Å². The number of benzene rings is 1. The predicted octanol–water partition coefficient (Wildman–Crippen LogP) is 3.42. The van der Waals surface area contributed by atoms with Crippen molar-refractivity contribution in [2.45, 2.75) is 32.9 Å². The summed E-state index contributed by atoms with van der Waals surface area (Å²) in [6, 6.07) is 8.84. The van der Waals surface area contributed by atoms with Gasteiger partial charge in [0.05, 0.1) is 19.4 Å². The van der Waals surface area contributed by atoms with E-state index in [-0.39, 0.29) is 5.75 Å². The van der Waals surface area contributed by atoms with Crippen molar-refractivity contribution in [3.63, 3.8) is 0 Å². The van der Waals surface area contributed by atoms with Gasteiger partial charge in [-0.1, -0.05) is 19.9 Å². The minimum absolute atomic E-state index is 0.172. The van der Waals surface area contributed by atoms with E-state index in [9.17, 15) is 4.39 Å². The Balaban J connectivity index is 1.52. The summed E-state index contributed by atoms with van der Waals surface area (Å²) in [5, 5.41) is 6.70. The van der Waals surface area contributed by atoms with Crippen LogP contribution < -0.4 is 15.4 Å². The average Bonchev–Trinajstić information content (AvgIpc) is 2.81. The Labute approximate surface area is 190 Å². The van der Waals surface area contributed by atoms with Crippen LogP contribution in [0, 0.1) is 11.7 Å². The Morgan fingerprint density at radius 2 is 2.06 bits per heavy atom. The molecule has 2 aromatic rings. The van der Waals surface area contributed by atoms with E-state index in [0.717, 1.165) is 44.8 Å². The molecule has 0 aliphatic carbocycles. The normalized spacial score (nSPS) is 16.1. The van der Waals surface area contributed by atoms with Gasteiger partial charge < -0.3 is 20.1 Å². The molecule has 1 aliphatic heterocycles. The molecule has 0 amide bonds. The second-order valence-corrected chi connectivity index (χ2v) is 8.29. The molecule has 0 saturated carbocycles. The van der Waals surface area contributed by atoms with Crippen LogP contribution in [0.1, 0.15) is 25.8 Å². The van der Waals surface area contributed by atoms with Crippen LogP contribution in [0.25, 0.3) is 0 Å². The number of nitrogens with zero attached hydrogens (tertiary/aromatic N) is 3. The van der Waals surface area contributed by atoms with Crippen LogP contribution in [0.3, 0.4) is 0 Å². The maximum absolute atomic E-state index is 14.5. The quantitative estimate of drug-likeness (QED) is 0.457. The Morgan fingerprint density at radius 1 is 1.25 bits per heavy atom. The van der Waals surface area contributed by atoms with Gasteiger partial charge >= 0.3 is 0 Å². The molecule has 1 aliphatic rings. The fourth-order valence-corrected chi connectivity index (χ4v) is 3.74. The number of hydrogen-bond donors (Lipinski definition) is 2. The topological polar surface area (TPSA) is 71.0 Å². The molecule has 1 unspecified atom stereocenters. The zero-order chi connectivity index (χ0) is 22.8. The molecule has 0 bridgehead atoms. The summed E-state index contributed by atoms with van der Waals surface area (Å²) < 4.78 is 25.5. The molecule has 7 nitrogen and oxygen atoms in total. The first kappa shape index (κ1) is 23.9. The number of guanidine groups is 1. The second kappa shape index (κ2) is 12.4. The summed E-state index contributed by atoms with van der Waals surface area (Å²) in [6.07, 6.45) is 4.30. The summed E-state index contributed by atoms with van der Waals surface area (Å²) in [5.74, 6) is 1.56. The van der Waals surface area contributed by atoms with Crippen molar-refractivity contribution in [1.29, 1.82) is 0 Å². The lowest BCUT2D eigenvalue weighted by atomic mass is 10.0. The number of aliphatic imine (C=N–C) groups is 1. The van der Waals surface area contributed by atoms with E-state index in [1.165, 1.54) is 6.07 Å². The number of aromatic nitrogens is 1. The molecule has 174 valence electrons. The fraction of sp³-hybridized carbons (Fsp3) is 0.500. The van der Waals surface area contributed by atoms with Gasteiger partial charge in [0.1, 0.15) is 5.75 Å². The summed E-state index contributed by atoms with van der Waals surface area (Å²) in [6.45, 7) is 9.23. The molecule has 2 N–H and O–H groups in total. The first-order valence-electron chi connectivity index (χ1n) is 11.2. The second-order valence-electron chi connectivity index (χ2n) is 8.29. The highest BCUT2D eigenvalue weighted by molar-refractivity contribution is 5.79. The first-order valence-corrected chi connectivity index (χ1v) is 11.2. The highest BCUT2D eigenvalue weighted by Gasteiger charge is 2.22. The minimum Gasteiger partial charge on any atom is -0.453 e. The Bertz CT molecular complexity index is 857. The third-order valence-corrected chi connectivity index (χ3v) is 5.35. The maximum atomic E-state index is 14.5. The number of morpholine rings is 1. The zero-order valence-corrected chi connectivity index (χ0v) is 19.2. The molecular formula is C24H34FN5O2. The highest BCUT2D eigenvalue weighted by Crippen LogP contribution is 2.24. The van der Waals surface area contributed by atoms with Gasteiger partial charge in [0.2, 0.25) is 0 Å². The van der Waals surface area contributed by atoms with Crippen LogP contribution >= 0.6 is 0 Å². The van der Waals surface area contributed by atoms with E-state index < -0.39 is 5.82 Å². The van der Waals surface area contributed by atoms with Crippen molar-refractivity contribution < 1.29 is 13.9 Å². The first-order chi connectivity index (χ1) is 15.5. The average molecular weight is 444 g/mol. The van der Waals surface area contributed by atoms with Crippen LogP contribution in [0.15, 0.2) is 47.7 Å². The molecular weight excluding hydrogens is 409 g/mol. The van der Waals surface area contributed by atoms with Gasteiger partial charge in [0.15, 0.2) is 17.5 Å². The van der Waals surface area contributed by atoms with Gasteiger partial charge in [-0.25, -0.2) is 4.39 Å². The van der Waals surface area contributed by atoms with Crippen LogP contribution in [-0.2, 0) is 11.3 Å². The molecule has 32 heavy (non-hydrogen) atoms. The molecule has 2 heterocycles. The number of hydrogen-bond acceptors (Lipinski definition) is 5. The molecule has 1 atom stereocenters. The van der Waals surface area contributed by atoms with E-state index in [1.54, 1.807) is 37.6 Å². The van der Waals surface area contributed by atoms with Gasteiger partial charge in [-0.05, 0) is 42.2 Å². The van der Waals surface area contributed by atoms with Gasteiger partial charge in [0, 0.05) is 45.5 Å². The molecule has 1 aromatic carbocycles. The summed E-state index contributed by atoms with van der Waals surface area (Å²) in [4.78, 5) is 10.8. The summed E-state index contributed by atoms with van der Waals surface area (Å²) >= 11 is 0. The molecule has 1 saturated heterocycles. The van der Waals surface area contributed by atoms with E-state index in [4.69, 9.17) is 9.47 Å². The number of rotatable bonds is 9. The summed E-state index contributed by atoms with van der Waals surface area (Å²) in [7, 11) is 1.74. The van der Waals surface area contributed by atoms with Crippen molar-refractivity contribution in [3.05, 3.63) is 54.1 Å². The van der Waals surface area contributed by atoms with Gasteiger partial charge in [-0.15, -0.1) is 0 Å². The van der Waals surface area contributed by atoms with Crippen molar-refractivity contribution in [2.24, 2.45) is 10.9 Å². The number of pyridine rings is 1. The lowest BCUT2D eigenvalue weighted by molar-refractivity contribution is 0.0132. The number of ether oxygens (including phenoxy) is 2. The Kier molecular flexibility index (Phi) is 9.25. The smallest absolute Gasteiger partial charge is 0.191 e. The number of halogens is 1. The van der Waals surface area contributed by atoms with E-state index in [1.807, 2.05) is 6.07 Å². The number of nitrogens with one attached hydrogen (secondary N) is 2. The lowest BCUT2D eigenvalue weighted by Gasteiger charge is -2.35. The summed E-state index contributed by atoms with van der Waals surface area (Å²) in [5.41, 5.74) is 0.802. The SMILES string of the molecule is CN=C(NCc1ccc(Oc2cccnc2)c(F)c1)NCC(CC(C)C)N1CCOCC1. The van der Waals surface area contributed by atoms with Gasteiger partial charge in [-0.2, -0.15) is 0 Å². The predicted molar refractivity (Wildman–Crippen MR) is 125 cm³/mol. The largest absolute Gasteiger partial charge is 0.453 e. The zero-order valence-electron chi connectivity index (χ0n) is 19.2. The van der Waals surface area contributed by atoms with Gasteiger partial charge in [-0.3, -0.25) is 14.9 Å². The van der Waals surface area contributed by atoms with Crippen LogP contribution in [0.5, 0.6) is 11.5 Å². The lowest BCUT2D eigenvalue weighted by Crippen LogP contribution is -2.50. The minimum atomic E-state index is -0.416. The molecule has 8 heteroatoms. The maximum Gasteiger partial charge on any atom is 0.191 e. The Morgan fingerprint density at radius 3 is 2.72 bits per heavy atom. The third-order valence-electron chi connectivity index (χ3n) is 5.35. The molecule has 1 fully saturated rings. The standard InChI is InChI=1S/C24H34FN5O2/c1-18(2)13-20(30-9-11-31-12-10-30)16-29-24(26-3)28-15-19-6-7-23(22(25)14-19)32-21-5-4-8-27-17-21/h4-8,14,17-18,20H,9-13,15-16H2,1-3H3,(H2,26,28,29). The monoisotopic (exact) mass is 443 g/mol. The van der Waals surface area contributed by atoms with Crippen LogP contribution in [-0.4, -0.2) is 61.8 Å². The fourth-order valence-electron chi connectivity index (χ4n) is 3.74. The van der Waals surface area contributed by atoms with Gasteiger partial charge in [0.25, 0.3) is 0 Å².